The number of urea groups is 1. The third kappa shape index (κ3) is 3.84. The summed E-state index contributed by atoms with van der Waals surface area (Å²) in [5.74, 6) is 0. The van der Waals surface area contributed by atoms with Crippen LogP contribution in [0.2, 0.25) is 0 Å². The minimum atomic E-state index is -0.253. The molecular weight excluding hydrogens is 340 g/mol. The van der Waals surface area contributed by atoms with Crippen molar-refractivity contribution < 1.29 is 4.79 Å². The molecule has 27 heavy (non-hydrogen) atoms. The van der Waals surface area contributed by atoms with Gasteiger partial charge in [-0.25, -0.2) is 9.48 Å². The van der Waals surface area contributed by atoms with Crippen molar-refractivity contribution in [2.45, 2.75) is 32.4 Å². The first kappa shape index (κ1) is 17.3. The van der Waals surface area contributed by atoms with Crippen LogP contribution in [0.4, 0.5) is 4.79 Å². The molecule has 2 aromatic carbocycles. The SMILES string of the molecule is O=C(NCCn1nc2c(cc1=O)CCC2)NCc1cccc2ccccc12. The lowest BCUT2D eigenvalue weighted by atomic mass is 10.0. The number of amides is 2. The number of carbonyl (C=O) groups excluding carboxylic acids is 1. The Hall–Kier alpha value is -3.15. The van der Waals surface area contributed by atoms with Crippen LogP contribution < -0.4 is 16.2 Å². The summed E-state index contributed by atoms with van der Waals surface area (Å²) >= 11 is 0. The van der Waals surface area contributed by atoms with Gasteiger partial charge in [-0.1, -0.05) is 42.5 Å². The summed E-state index contributed by atoms with van der Waals surface area (Å²) in [6.45, 7) is 1.17. The highest BCUT2D eigenvalue weighted by atomic mass is 16.2. The van der Waals surface area contributed by atoms with Crippen LogP contribution in [0, 0.1) is 0 Å². The molecule has 1 aliphatic rings. The molecule has 2 amide bonds. The second-order valence-corrected chi connectivity index (χ2v) is 6.78. The molecule has 0 fully saturated rings. The molecule has 0 unspecified atom stereocenters. The minimum absolute atomic E-state index is 0.103. The number of hydrogen-bond donors (Lipinski definition) is 2. The molecule has 0 saturated carbocycles. The lowest BCUT2D eigenvalue weighted by Crippen LogP contribution is -2.38. The van der Waals surface area contributed by atoms with Crippen LogP contribution in [0.25, 0.3) is 10.8 Å². The van der Waals surface area contributed by atoms with Gasteiger partial charge in [0.15, 0.2) is 0 Å². The summed E-state index contributed by atoms with van der Waals surface area (Å²) in [7, 11) is 0. The average Bonchev–Trinajstić information content (AvgIpc) is 3.13. The van der Waals surface area contributed by atoms with Gasteiger partial charge in [-0.05, 0) is 41.2 Å². The fourth-order valence-electron chi connectivity index (χ4n) is 3.56. The molecule has 4 rings (SSSR count). The summed E-state index contributed by atoms with van der Waals surface area (Å²) in [5.41, 5.74) is 3.04. The molecule has 0 aliphatic heterocycles. The summed E-state index contributed by atoms with van der Waals surface area (Å²) in [6.07, 6.45) is 2.92. The Kier molecular flexibility index (Phi) is 4.87. The maximum Gasteiger partial charge on any atom is 0.315 e. The Bertz CT molecular complexity index is 1040. The summed E-state index contributed by atoms with van der Waals surface area (Å²) in [6, 6.07) is 15.6. The normalized spacial score (nSPS) is 12.7. The van der Waals surface area contributed by atoms with Gasteiger partial charge >= 0.3 is 6.03 Å². The van der Waals surface area contributed by atoms with Crippen molar-refractivity contribution in [3.63, 3.8) is 0 Å². The fraction of sp³-hybridized carbons (Fsp3) is 0.286. The van der Waals surface area contributed by atoms with E-state index in [1.165, 1.54) is 4.68 Å². The molecule has 0 spiro atoms. The quantitative estimate of drug-likeness (QED) is 0.732. The molecular formula is C21H22N4O2. The van der Waals surface area contributed by atoms with E-state index >= 15 is 0 Å². The van der Waals surface area contributed by atoms with Crippen molar-refractivity contribution in [2.24, 2.45) is 0 Å². The third-order valence-electron chi connectivity index (χ3n) is 4.95. The van der Waals surface area contributed by atoms with Crippen LogP contribution in [0.5, 0.6) is 0 Å². The van der Waals surface area contributed by atoms with E-state index in [-0.39, 0.29) is 11.6 Å². The summed E-state index contributed by atoms with van der Waals surface area (Å²) in [5, 5.41) is 12.4. The molecule has 1 aromatic heterocycles. The minimum Gasteiger partial charge on any atom is -0.336 e. The maximum absolute atomic E-state index is 12.1. The molecule has 1 aliphatic carbocycles. The predicted molar refractivity (Wildman–Crippen MR) is 105 cm³/mol. The maximum atomic E-state index is 12.1. The largest absolute Gasteiger partial charge is 0.336 e. The van der Waals surface area contributed by atoms with E-state index in [9.17, 15) is 9.59 Å². The number of nitrogens with one attached hydrogen (secondary N) is 2. The molecule has 0 bridgehead atoms. The van der Waals surface area contributed by atoms with E-state index < -0.39 is 0 Å². The Morgan fingerprint density at radius 3 is 2.85 bits per heavy atom. The molecule has 138 valence electrons. The molecule has 2 N–H and O–H groups in total. The zero-order valence-corrected chi connectivity index (χ0v) is 15.1. The van der Waals surface area contributed by atoms with Crippen LogP contribution >= 0.6 is 0 Å². The highest BCUT2D eigenvalue weighted by Gasteiger charge is 2.14. The van der Waals surface area contributed by atoms with Crippen LogP contribution in [0.15, 0.2) is 53.3 Å². The first-order valence-corrected chi connectivity index (χ1v) is 9.29. The van der Waals surface area contributed by atoms with Crippen molar-refractivity contribution >= 4 is 16.8 Å². The highest BCUT2D eigenvalue weighted by Crippen LogP contribution is 2.18. The Balaban J connectivity index is 1.31. The van der Waals surface area contributed by atoms with Crippen LogP contribution in [-0.4, -0.2) is 22.4 Å². The monoisotopic (exact) mass is 362 g/mol. The second kappa shape index (κ2) is 7.61. The number of hydrogen-bond acceptors (Lipinski definition) is 3. The van der Waals surface area contributed by atoms with Gasteiger partial charge in [0.25, 0.3) is 5.56 Å². The van der Waals surface area contributed by atoms with Gasteiger partial charge in [-0.15, -0.1) is 0 Å². The number of carbonyl (C=O) groups is 1. The highest BCUT2D eigenvalue weighted by molar-refractivity contribution is 5.86. The van der Waals surface area contributed by atoms with Crippen molar-refractivity contribution in [1.29, 1.82) is 0 Å². The van der Waals surface area contributed by atoms with Gasteiger partial charge in [-0.2, -0.15) is 5.10 Å². The van der Waals surface area contributed by atoms with Gasteiger partial charge in [0.2, 0.25) is 0 Å². The van der Waals surface area contributed by atoms with Gasteiger partial charge in [0, 0.05) is 19.2 Å². The number of aryl methyl sites for hydroxylation is 2. The number of nitrogens with zero attached hydrogens (tertiary/aromatic N) is 2. The predicted octanol–water partition coefficient (Wildman–Crippen LogP) is 2.38. The van der Waals surface area contributed by atoms with Gasteiger partial charge in [-0.3, -0.25) is 4.79 Å². The Morgan fingerprint density at radius 2 is 1.93 bits per heavy atom. The second-order valence-electron chi connectivity index (χ2n) is 6.78. The van der Waals surface area contributed by atoms with Crippen molar-refractivity contribution in [1.82, 2.24) is 20.4 Å². The summed E-state index contributed by atoms with van der Waals surface area (Å²) < 4.78 is 1.44. The van der Waals surface area contributed by atoms with Gasteiger partial charge in [0.05, 0.1) is 12.2 Å². The Labute approximate surface area is 157 Å². The van der Waals surface area contributed by atoms with Crippen molar-refractivity contribution in [3.8, 4) is 0 Å². The molecule has 3 aromatic rings. The number of benzene rings is 2. The standard InChI is InChI=1S/C21H22N4O2/c26-20-13-16-7-4-10-19(16)24-25(20)12-11-22-21(27)23-14-17-8-3-6-15-5-1-2-9-18(15)17/h1-3,5-6,8-9,13H,4,7,10-12,14H2,(H2,22,23,27). The van der Waals surface area contributed by atoms with Crippen molar-refractivity contribution in [3.05, 3.63) is 75.7 Å². The van der Waals surface area contributed by atoms with E-state index in [2.05, 4.69) is 33.9 Å². The summed E-state index contributed by atoms with van der Waals surface area (Å²) in [4.78, 5) is 24.1. The van der Waals surface area contributed by atoms with E-state index in [1.54, 1.807) is 6.07 Å². The van der Waals surface area contributed by atoms with Crippen LogP contribution in [0.1, 0.15) is 23.2 Å². The number of aromatic nitrogens is 2. The zero-order valence-electron chi connectivity index (χ0n) is 15.1. The first-order valence-electron chi connectivity index (χ1n) is 9.29. The molecule has 6 nitrogen and oxygen atoms in total. The molecule has 1 heterocycles. The van der Waals surface area contributed by atoms with Gasteiger partial charge in [0.1, 0.15) is 0 Å². The average molecular weight is 362 g/mol. The van der Waals surface area contributed by atoms with E-state index in [4.69, 9.17) is 0 Å². The topological polar surface area (TPSA) is 76.0 Å². The molecule has 0 radical (unpaired) electrons. The van der Waals surface area contributed by atoms with E-state index in [0.29, 0.717) is 19.6 Å². The van der Waals surface area contributed by atoms with Crippen LogP contribution in [-0.2, 0) is 25.9 Å². The molecule has 0 saturated heterocycles. The molecule has 6 heteroatoms. The van der Waals surface area contributed by atoms with Gasteiger partial charge < -0.3 is 10.6 Å². The third-order valence-corrected chi connectivity index (χ3v) is 4.95. The molecule has 0 atom stereocenters. The number of rotatable bonds is 5. The van der Waals surface area contributed by atoms with Crippen LogP contribution in [0.3, 0.4) is 0 Å². The lowest BCUT2D eigenvalue weighted by molar-refractivity contribution is 0.240. The van der Waals surface area contributed by atoms with E-state index in [1.807, 2.05) is 24.3 Å². The van der Waals surface area contributed by atoms with E-state index in [0.717, 1.165) is 46.9 Å². The Morgan fingerprint density at radius 1 is 1.07 bits per heavy atom. The zero-order chi connectivity index (χ0) is 18.6. The number of fused-ring (bicyclic) bond motifs is 2. The first-order chi connectivity index (χ1) is 13.2. The smallest absolute Gasteiger partial charge is 0.315 e. The van der Waals surface area contributed by atoms with Crippen molar-refractivity contribution in [2.75, 3.05) is 6.54 Å². The lowest BCUT2D eigenvalue weighted by Gasteiger charge is -2.11. The fourth-order valence-corrected chi connectivity index (χ4v) is 3.56.